The number of hydrogen-bond acceptors (Lipinski definition) is 5. The van der Waals surface area contributed by atoms with E-state index in [1.807, 2.05) is 23.7 Å². The quantitative estimate of drug-likeness (QED) is 0.934. The SMILES string of the molecule is c1cc(C2CNCCN2Cc2cnc(C3CCCC3)s2)ccn1. The van der Waals surface area contributed by atoms with E-state index >= 15 is 0 Å². The van der Waals surface area contributed by atoms with Crippen molar-refractivity contribution in [2.45, 2.75) is 44.2 Å². The lowest BCUT2D eigenvalue weighted by molar-refractivity contribution is 0.155. The third-order valence-corrected chi connectivity index (χ3v) is 6.22. The van der Waals surface area contributed by atoms with Crippen LogP contribution in [0.2, 0.25) is 0 Å². The van der Waals surface area contributed by atoms with Gasteiger partial charge in [0.25, 0.3) is 0 Å². The normalized spacial score (nSPS) is 23.4. The fraction of sp³-hybridized carbons (Fsp3) is 0.556. The first kappa shape index (κ1) is 15.2. The summed E-state index contributed by atoms with van der Waals surface area (Å²) in [7, 11) is 0. The monoisotopic (exact) mass is 328 g/mol. The molecule has 0 bridgehead atoms. The van der Waals surface area contributed by atoms with E-state index in [1.165, 1.54) is 41.1 Å². The van der Waals surface area contributed by atoms with Gasteiger partial charge in [0.05, 0.1) is 5.01 Å². The molecule has 4 rings (SSSR count). The smallest absolute Gasteiger partial charge is 0.0959 e. The summed E-state index contributed by atoms with van der Waals surface area (Å²) in [5.74, 6) is 0.729. The summed E-state index contributed by atoms with van der Waals surface area (Å²) in [6, 6.07) is 4.71. The Morgan fingerprint density at radius 1 is 1.22 bits per heavy atom. The molecule has 0 radical (unpaired) electrons. The van der Waals surface area contributed by atoms with Crippen LogP contribution in [0.25, 0.3) is 0 Å². The molecule has 5 heteroatoms. The average Bonchev–Trinajstić information content (AvgIpc) is 3.27. The summed E-state index contributed by atoms with van der Waals surface area (Å²) < 4.78 is 0. The second-order valence-corrected chi connectivity index (χ2v) is 7.76. The summed E-state index contributed by atoms with van der Waals surface area (Å²) >= 11 is 1.94. The Labute approximate surface area is 142 Å². The Kier molecular flexibility index (Phi) is 4.69. The molecule has 122 valence electrons. The predicted molar refractivity (Wildman–Crippen MR) is 93.6 cm³/mol. The van der Waals surface area contributed by atoms with Crippen molar-refractivity contribution in [3.63, 3.8) is 0 Å². The van der Waals surface area contributed by atoms with E-state index in [2.05, 4.69) is 33.5 Å². The van der Waals surface area contributed by atoms with E-state index in [0.717, 1.165) is 32.1 Å². The van der Waals surface area contributed by atoms with E-state index in [0.29, 0.717) is 6.04 Å². The summed E-state index contributed by atoms with van der Waals surface area (Å²) in [6.07, 6.45) is 11.3. The maximum atomic E-state index is 4.73. The third-order valence-electron chi connectivity index (χ3n) is 5.08. The molecule has 1 atom stereocenters. The minimum absolute atomic E-state index is 0.434. The van der Waals surface area contributed by atoms with Crippen molar-refractivity contribution in [2.75, 3.05) is 19.6 Å². The molecule has 0 amide bonds. The van der Waals surface area contributed by atoms with Crippen LogP contribution in [0.5, 0.6) is 0 Å². The highest BCUT2D eigenvalue weighted by Gasteiger charge is 2.25. The van der Waals surface area contributed by atoms with Crippen LogP contribution in [0.15, 0.2) is 30.7 Å². The van der Waals surface area contributed by atoms with Crippen molar-refractivity contribution >= 4 is 11.3 Å². The van der Waals surface area contributed by atoms with Gasteiger partial charge in [-0.15, -0.1) is 11.3 Å². The lowest BCUT2D eigenvalue weighted by Gasteiger charge is -2.36. The molecule has 1 N–H and O–H groups in total. The zero-order chi connectivity index (χ0) is 15.5. The van der Waals surface area contributed by atoms with Crippen molar-refractivity contribution < 1.29 is 0 Å². The number of thiazole rings is 1. The molecule has 1 saturated heterocycles. The van der Waals surface area contributed by atoms with E-state index in [-0.39, 0.29) is 0 Å². The van der Waals surface area contributed by atoms with Gasteiger partial charge in [0.2, 0.25) is 0 Å². The molecule has 23 heavy (non-hydrogen) atoms. The molecular weight excluding hydrogens is 304 g/mol. The summed E-state index contributed by atoms with van der Waals surface area (Å²) in [5.41, 5.74) is 1.35. The lowest BCUT2D eigenvalue weighted by Crippen LogP contribution is -2.45. The Balaban J connectivity index is 1.47. The average molecular weight is 328 g/mol. The van der Waals surface area contributed by atoms with Gasteiger partial charge < -0.3 is 5.32 Å². The van der Waals surface area contributed by atoms with Gasteiger partial charge >= 0.3 is 0 Å². The van der Waals surface area contributed by atoms with Gasteiger partial charge in [-0.1, -0.05) is 12.8 Å². The fourth-order valence-electron chi connectivity index (χ4n) is 3.81. The number of pyridine rings is 1. The molecule has 1 saturated carbocycles. The molecule has 1 aliphatic carbocycles. The first-order valence-electron chi connectivity index (χ1n) is 8.69. The molecule has 2 aromatic heterocycles. The molecule has 0 aromatic carbocycles. The van der Waals surface area contributed by atoms with Crippen LogP contribution in [0, 0.1) is 0 Å². The van der Waals surface area contributed by atoms with Gasteiger partial charge in [0.1, 0.15) is 0 Å². The Morgan fingerprint density at radius 3 is 2.87 bits per heavy atom. The van der Waals surface area contributed by atoms with Gasteiger partial charge in [-0.05, 0) is 30.5 Å². The number of rotatable bonds is 4. The Hall–Kier alpha value is -1.30. The Morgan fingerprint density at radius 2 is 2.04 bits per heavy atom. The molecule has 1 unspecified atom stereocenters. The molecule has 2 fully saturated rings. The second-order valence-electron chi connectivity index (χ2n) is 6.62. The third kappa shape index (κ3) is 3.47. The first-order chi connectivity index (χ1) is 11.4. The molecule has 4 nitrogen and oxygen atoms in total. The van der Waals surface area contributed by atoms with E-state index in [1.54, 1.807) is 0 Å². The predicted octanol–water partition coefficient (Wildman–Crippen LogP) is 3.34. The first-order valence-corrected chi connectivity index (χ1v) is 9.51. The van der Waals surface area contributed by atoms with Gasteiger partial charge in [-0.2, -0.15) is 0 Å². The summed E-state index contributed by atoms with van der Waals surface area (Å²) in [5, 5.41) is 4.89. The van der Waals surface area contributed by atoms with Crippen molar-refractivity contribution in [3.8, 4) is 0 Å². The lowest BCUT2D eigenvalue weighted by atomic mass is 10.0. The highest BCUT2D eigenvalue weighted by atomic mass is 32.1. The number of piperazine rings is 1. The maximum absolute atomic E-state index is 4.73. The minimum atomic E-state index is 0.434. The van der Waals surface area contributed by atoms with Gasteiger partial charge in [-0.3, -0.25) is 9.88 Å². The number of aromatic nitrogens is 2. The van der Waals surface area contributed by atoms with Crippen LogP contribution >= 0.6 is 11.3 Å². The highest BCUT2D eigenvalue weighted by Crippen LogP contribution is 2.36. The maximum Gasteiger partial charge on any atom is 0.0959 e. The van der Waals surface area contributed by atoms with E-state index in [4.69, 9.17) is 4.98 Å². The van der Waals surface area contributed by atoms with Gasteiger partial charge in [-0.25, -0.2) is 4.98 Å². The molecule has 0 spiro atoms. The molecular formula is C18H24N4S. The molecule has 2 aromatic rings. The Bertz CT molecular complexity index is 621. The van der Waals surface area contributed by atoms with Crippen molar-refractivity contribution in [3.05, 3.63) is 46.2 Å². The van der Waals surface area contributed by atoms with Crippen molar-refractivity contribution in [1.82, 2.24) is 20.2 Å². The van der Waals surface area contributed by atoms with Crippen molar-refractivity contribution in [1.29, 1.82) is 0 Å². The van der Waals surface area contributed by atoms with Crippen LogP contribution in [-0.4, -0.2) is 34.5 Å². The zero-order valence-electron chi connectivity index (χ0n) is 13.4. The van der Waals surface area contributed by atoms with Crippen LogP contribution in [-0.2, 0) is 6.54 Å². The fourth-order valence-corrected chi connectivity index (χ4v) is 4.92. The highest BCUT2D eigenvalue weighted by molar-refractivity contribution is 7.11. The number of nitrogens with one attached hydrogen (secondary N) is 1. The van der Waals surface area contributed by atoms with Gasteiger partial charge in [0, 0.05) is 61.6 Å². The van der Waals surface area contributed by atoms with E-state index in [9.17, 15) is 0 Å². The standard InChI is InChI=1S/C18H24N4S/c1-2-4-15(3-1)18-21-11-16(23-18)13-22-10-9-20-12-17(22)14-5-7-19-8-6-14/h5-8,11,15,17,20H,1-4,9-10,12-13H2. The zero-order valence-corrected chi connectivity index (χ0v) is 14.3. The molecule has 3 heterocycles. The number of hydrogen-bond donors (Lipinski definition) is 1. The largest absolute Gasteiger partial charge is 0.314 e. The topological polar surface area (TPSA) is 41.0 Å². The number of nitrogens with zero attached hydrogens (tertiary/aromatic N) is 3. The van der Waals surface area contributed by atoms with Crippen LogP contribution in [0.1, 0.15) is 53.1 Å². The van der Waals surface area contributed by atoms with Crippen LogP contribution in [0.4, 0.5) is 0 Å². The minimum Gasteiger partial charge on any atom is -0.314 e. The second kappa shape index (κ2) is 7.07. The molecule has 2 aliphatic rings. The van der Waals surface area contributed by atoms with Crippen LogP contribution in [0.3, 0.4) is 0 Å². The van der Waals surface area contributed by atoms with Crippen molar-refractivity contribution in [2.24, 2.45) is 0 Å². The summed E-state index contributed by atoms with van der Waals surface area (Å²) in [4.78, 5) is 12.9. The summed E-state index contributed by atoms with van der Waals surface area (Å²) in [6.45, 7) is 4.18. The molecule has 1 aliphatic heterocycles. The van der Waals surface area contributed by atoms with Gasteiger partial charge in [0.15, 0.2) is 0 Å². The van der Waals surface area contributed by atoms with Crippen LogP contribution < -0.4 is 5.32 Å². The van der Waals surface area contributed by atoms with E-state index < -0.39 is 0 Å².